The molecular weight excluding hydrogens is 167 g/mol. The van der Waals surface area contributed by atoms with Crippen LogP contribution in [0.25, 0.3) is 0 Å². The van der Waals surface area contributed by atoms with Gasteiger partial charge in [-0.25, -0.2) is 0 Å². The molecule has 13 heavy (non-hydrogen) atoms. The van der Waals surface area contributed by atoms with E-state index in [1.54, 1.807) is 36.6 Å². The van der Waals surface area contributed by atoms with Crippen molar-refractivity contribution in [1.82, 2.24) is 0 Å². The molecule has 1 aromatic rings. The van der Waals surface area contributed by atoms with Crippen molar-refractivity contribution >= 4 is 12.6 Å². The van der Waals surface area contributed by atoms with Crippen molar-refractivity contribution in [3.05, 3.63) is 36.6 Å². The summed E-state index contributed by atoms with van der Waals surface area (Å²) in [6.45, 7) is 1.85. The van der Waals surface area contributed by atoms with Crippen LogP contribution in [0.1, 0.15) is 6.92 Å². The van der Waals surface area contributed by atoms with Crippen LogP contribution in [-0.2, 0) is 0 Å². The van der Waals surface area contributed by atoms with Gasteiger partial charge in [0, 0.05) is 0 Å². The minimum Gasteiger partial charge on any atom is -0.465 e. The van der Waals surface area contributed by atoms with Crippen LogP contribution in [-0.4, -0.2) is 17.2 Å². The number of hydrogen-bond donors (Lipinski definition) is 2. The Morgan fingerprint density at radius 2 is 1.85 bits per heavy atom. The Hall–Kier alpha value is -1.26. The van der Waals surface area contributed by atoms with E-state index in [1.807, 2.05) is 6.92 Å². The number of ether oxygens (including phenoxy) is 1. The van der Waals surface area contributed by atoms with E-state index in [9.17, 15) is 0 Å². The van der Waals surface area contributed by atoms with Crippen molar-refractivity contribution in [1.29, 1.82) is 0 Å². The van der Waals surface area contributed by atoms with Crippen LogP contribution in [0.5, 0.6) is 5.75 Å². The van der Waals surface area contributed by atoms with Crippen LogP contribution in [0.2, 0.25) is 0 Å². The van der Waals surface area contributed by atoms with Crippen LogP contribution in [0.3, 0.4) is 0 Å². The topological polar surface area (TPSA) is 49.7 Å². The highest BCUT2D eigenvalue weighted by Gasteiger charge is 2.09. The minimum absolute atomic E-state index is 0.452. The average Bonchev–Trinajstić information content (AvgIpc) is 2.15. The normalized spacial score (nSPS) is 10.4. The molecule has 0 fully saturated rings. The molecule has 1 aromatic carbocycles. The van der Waals surface area contributed by atoms with E-state index in [0.29, 0.717) is 11.2 Å². The third-order valence-corrected chi connectivity index (χ3v) is 1.52. The number of rotatable bonds is 3. The van der Waals surface area contributed by atoms with Gasteiger partial charge in [-0.1, -0.05) is 18.2 Å². The van der Waals surface area contributed by atoms with Gasteiger partial charge in [0.1, 0.15) is 5.75 Å². The van der Waals surface area contributed by atoms with Gasteiger partial charge in [0.15, 0.2) is 0 Å². The molecule has 0 aromatic heterocycles. The lowest BCUT2D eigenvalue weighted by Crippen LogP contribution is -2.29. The maximum absolute atomic E-state index is 8.79. The number of hydrogen-bond acceptors (Lipinski definition) is 3. The highest BCUT2D eigenvalue weighted by atomic mass is 16.5. The summed E-state index contributed by atoms with van der Waals surface area (Å²) in [5.41, 5.74) is 0.452. The van der Waals surface area contributed by atoms with E-state index < -0.39 is 7.12 Å². The smallest absolute Gasteiger partial charge is 0.465 e. The second-order valence-electron chi connectivity index (χ2n) is 2.53. The highest BCUT2D eigenvalue weighted by Crippen LogP contribution is 2.07. The van der Waals surface area contributed by atoms with Crippen LogP contribution in [0.4, 0.5) is 0 Å². The maximum Gasteiger partial charge on any atom is 0.488 e. The first-order valence-corrected chi connectivity index (χ1v) is 3.98. The molecule has 0 heterocycles. The SMILES string of the molecule is CC=COc1ccc(B(O)O)cc1. The Balaban J connectivity index is 2.69. The molecule has 68 valence electrons. The molecule has 0 spiro atoms. The second kappa shape index (κ2) is 4.69. The van der Waals surface area contributed by atoms with Crippen LogP contribution < -0.4 is 10.2 Å². The van der Waals surface area contributed by atoms with E-state index in [4.69, 9.17) is 14.8 Å². The van der Waals surface area contributed by atoms with E-state index in [1.165, 1.54) is 0 Å². The van der Waals surface area contributed by atoms with Gasteiger partial charge in [0.05, 0.1) is 6.26 Å². The zero-order valence-electron chi connectivity index (χ0n) is 7.34. The van der Waals surface area contributed by atoms with Gasteiger partial charge in [0.2, 0.25) is 0 Å². The second-order valence-corrected chi connectivity index (χ2v) is 2.53. The molecule has 0 atom stereocenters. The largest absolute Gasteiger partial charge is 0.488 e. The molecule has 0 saturated carbocycles. The van der Waals surface area contributed by atoms with E-state index in [-0.39, 0.29) is 0 Å². The van der Waals surface area contributed by atoms with Crippen molar-refractivity contribution in [3.8, 4) is 5.75 Å². The molecule has 2 N–H and O–H groups in total. The molecule has 0 aliphatic rings. The van der Waals surface area contributed by atoms with Gasteiger partial charge < -0.3 is 14.8 Å². The molecule has 4 heteroatoms. The molecule has 0 bridgehead atoms. The summed E-state index contributed by atoms with van der Waals surface area (Å²) in [6.07, 6.45) is 3.33. The molecule has 0 saturated heterocycles. The van der Waals surface area contributed by atoms with Crippen molar-refractivity contribution in [2.75, 3.05) is 0 Å². The molecule has 3 nitrogen and oxygen atoms in total. The zero-order valence-corrected chi connectivity index (χ0v) is 7.34. The number of benzene rings is 1. The fourth-order valence-corrected chi connectivity index (χ4v) is 0.865. The van der Waals surface area contributed by atoms with Crippen LogP contribution in [0, 0.1) is 0 Å². The van der Waals surface area contributed by atoms with Crippen molar-refractivity contribution in [2.45, 2.75) is 6.92 Å². The van der Waals surface area contributed by atoms with Gasteiger partial charge >= 0.3 is 7.12 Å². The lowest BCUT2D eigenvalue weighted by atomic mass is 9.80. The summed E-state index contributed by atoms with van der Waals surface area (Å²) in [5.74, 6) is 0.669. The average molecular weight is 178 g/mol. The molecule has 0 radical (unpaired) electrons. The zero-order chi connectivity index (χ0) is 9.68. The Labute approximate surface area is 77.4 Å². The van der Waals surface area contributed by atoms with E-state index in [2.05, 4.69) is 0 Å². The van der Waals surface area contributed by atoms with Gasteiger partial charge in [-0.05, 0) is 24.5 Å². The third-order valence-electron chi connectivity index (χ3n) is 1.52. The Morgan fingerprint density at radius 3 is 2.31 bits per heavy atom. The fraction of sp³-hybridized carbons (Fsp3) is 0.111. The number of allylic oxidation sites excluding steroid dienone is 1. The van der Waals surface area contributed by atoms with E-state index >= 15 is 0 Å². The first kappa shape index (κ1) is 9.83. The predicted octanol–water partition coefficient (Wildman–Crippen LogP) is 0.279. The minimum atomic E-state index is -1.42. The standard InChI is InChI=1S/C9H11BO3/c1-2-7-13-9-5-3-8(4-6-9)10(11)12/h2-7,11-12H,1H3. The first-order valence-electron chi connectivity index (χ1n) is 3.98. The summed E-state index contributed by atoms with van der Waals surface area (Å²) in [4.78, 5) is 0. The molecular formula is C9H11BO3. The Kier molecular flexibility index (Phi) is 3.55. The molecule has 1 rings (SSSR count). The summed E-state index contributed by atoms with van der Waals surface area (Å²) in [5, 5.41) is 17.6. The first-order chi connectivity index (χ1) is 6.24. The molecule has 0 amide bonds. The van der Waals surface area contributed by atoms with Gasteiger partial charge in [-0.2, -0.15) is 0 Å². The van der Waals surface area contributed by atoms with Crippen molar-refractivity contribution in [2.24, 2.45) is 0 Å². The fourth-order valence-electron chi connectivity index (χ4n) is 0.865. The monoisotopic (exact) mass is 178 g/mol. The van der Waals surface area contributed by atoms with E-state index in [0.717, 1.165) is 0 Å². The molecule has 0 aliphatic heterocycles. The summed E-state index contributed by atoms with van der Waals surface area (Å²) >= 11 is 0. The molecule has 0 aliphatic carbocycles. The maximum atomic E-state index is 8.79. The van der Waals surface area contributed by atoms with Crippen molar-refractivity contribution in [3.63, 3.8) is 0 Å². The predicted molar refractivity (Wildman–Crippen MR) is 51.7 cm³/mol. The highest BCUT2D eigenvalue weighted by molar-refractivity contribution is 6.58. The molecule has 0 unspecified atom stereocenters. The van der Waals surface area contributed by atoms with Gasteiger partial charge in [-0.3, -0.25) is 0 Å². The lowest BCUT2D eigenvalue weighted by Gasteiger charge is -2.01. The van der Waals surface area contributed by atoms with Crippen LogP contribution in [0.15, 0.2) is 36.6 Å². The Morgan fingerprint density at radius 1 is 1.23 bits per heavy atom. The summed E-state index contributed by atoms with van der Waals surface area (Å²) < 4.78 is 5.15. The van der Waals surface area contributed by atoms with Gasteiger partial charge in [-0.15, -0.1) is 0 Å². The third kappa shape index (κ3) is 2.93. The summed E-state index contributed by atoms with van der Waals surface area (Å²) in [7, 11) is -1.42. The van der Waals surface area contributed by atoms with Gasteiger partial charge in [0.25, 0.3) is 0 Å². The van der Waals surface area contributed by atoms with Crippen LogP contribution >= 0.6 is 0 Å². The quantitative estimate of drug-likeness (QED) is 0.516. The summed E-state index contributed by atoms with van der Waals surface area (Å²) in [6, 6.07) is 6.55. The lowest BCUT2D eigenvalue weighted by molar-refractivity contribution is 0.425. The Bertz CT molecular complexity index is 279. The van der Waals surface area contributed by atoms with Crippen molar-refractivity contribution < 1.29 is 14.8 Å².